The fourth-order valence-corrected chi connectivity index (χ4v) is 3.03. The monoisotopic (exact) mass is 366 g/mol. The zero-order valence-electron chi connectivity index (χ0n) is 11.2. The van der Waals surface area contributed by atoms with Crippen molar-refractivity contribution in [1.29, 1.82) is 0 Å². The van der Waals surface area contributed by atoms with Crippen LogP contribution in [0.5, 0.6) is 5.75 Å². The summed E-state index contributed by atoms with van der Waals surface area (Å²) in [5.74, 6) is 1.08. The standard InChI is InChI=1S/C15H12BrClN2O2/c1-21-9-2-3-10(13(17)5-9)14(20)12-7-19-15-11(12)4-8(16)6-18-15/h2-6,12H,7H2,1H3,(H,18,19). The van der Waals surface area contributed by atoms with E-state index < -0.39 is 0 Å². The van der Waals surface area contributed by atoms with Crippen LogP contribution < -0.4 is 10.1 Å². The lowest BCUT2D eigenvalue weighted by Gasteiger charge is -2.11. The summed E-state index contributed by atoms with van der Waals surface area (Å²) in [4.78, 5) is 17.0. The molecule has 0 saturated carbocycles. The summed E-state index contributed by atoms with van der Waals surface area (Å²) in [6, 6.07) is 7.01. The van der Waals surface area contributed by atoms with Crippen LogP contribution in [0.15, 0.2) is 34.9 Å². The molecule has 6 heteroatoms. The predicted molar refractivity (Wildman–Crippen MR) is 85.5 cm³/mol. The molecule has 2 aromatic rings. The number of carbonyl (C=O) groups excluding carboxylic acids is 1. The summed E-state index contributed by atoms with van der Waals surface area (Å²) in [6.45, 7) is 0.528. The van der Waals surface area contributed by atoms with Crippen LogP contribution in [0, 0.1) is 0 Å². The number of ether oxygens (including phenoxy) is 1. The van der Waals surface area contributed by atoms with E-state index in [1.807, 2.05) is 6.07 Å². The molecule has 1 aromatic carbocycles. The van der Waals surface area contributed by atoms with Crippen molar-refractivity contribution in [3.05, 3.63) is 51.1 Å². The Balaban J connectivity index is 1.96. The molecule has 2 heterocycles. The molecule has 108 valence electrons. The fourth-order valence-electron chi connectivity index (χ4n) is 2.42. The van der Waals surface area contributed by atoms with Gasteiger partial charge in [0, 0.05) is 28.3 Å². The lowest BCUT2D eigenvalue weighted by atomic mass is 9.93. The van der Waals surface area contributed by atoms with Crippen molar-refractivity contribution in [2.24, 2.45) is 0 Å². The van der Waals surface area contributed by atoms with E-state index in [4.69, 9.17) is 16.3 Å². The van der Waals surface area contributed by atoms with Crippen LogP contribution in [-0.2, 0) is 0 Å². The number of fused-ring (bicyclic) bond motifs is 1. The van der Waals surface area contributed by atoms with Gasteiger partial charge in [-0.2, -0.15) is 0 Å². The molecule has 0 saturated heterocycles. The molecule has 1 unspecified atom stereocenters. The van der Waals surface area contributed by atoms with Crippen molar-refractivity contribution in [2.75, 3.05) is 19.0 Å². The van der Waals surface area contributed by atoms with Gasteiger partial charge in [-0.25, -0.2) is 4.98 Å². The van der Waals surface area contributed by atoms with Gasteiger partial charge in [0.05, 0.1) is 18.1 Å². The average Bonchev–Trinajstić information content (AvgIpc) is 2.89. The summed E-state index contributed by atoms with van der Waals surface area (Å²) < 4.78 is 5.95. The maximum atomic E-state index is 12.7. The Morgan fingerprint density at radius 1 is 1.48 bits per heavy atom. The number of rotatable bonds is 3. The van der Waals surface area contributed by atoms with E-state index in [1.165, 1.54) is 0 Å². The van der Waals surface area contributed by atoms with Gasteiger partial charge < -0.3 is 10.1 Å². The molecule has 0 spiro atoms. The number of anilines is 1. The maximum Gasteiger partial charge on any atom is 0.173 e. The molecule has 0 radical (unpaired) electrons. The van der Waals surface area contributed by atoms with Crippen molar-refractivity contribution in [3.63, 3.8) is 0 Å². The first-order valence-electron chi connectivity index (χ1n) is 6.37. The summed E-state index contributed by atoms with van der Waals surface area (Å²) in [7, 11) is 1.56. The third kappa shape index (κ3) is 2.63. The predicted octanol–water partition coefficient (Wildman–Crippen LogP) is 3.90. The van der Waals surface area contributed by atoms with E-state index in [0.29, 0.717) is 22.9 Å². The number of carbonyl (C=O) groups is 1. The Morgan fingerprint density at radius 2 is 2.29 bits per heavy atom. The third-order valence-corrected chi connectivity index (χ3v) is 4.24. The summed E-state index contributed by atoms with van der Waals surface area (Å²) in [5, 5.41) is 3.55. The first-order valence-corrected chi connectivity index (χ1v) is 7.54. The number of benzene rings is 1. The quantitative estimate of drug-likeness (QED) is 0.836. The zero-order chi connectivity index (χ0) is 15.0. The van der Waals surface area contributed by atoms with E-state index in [0.717, 1.165) is 15.9 Å². The van der Waals surface area contributed by atoms with Gasteiger partial charge in [-0.05, 0) is 40.2 Å². The largest absolute Gasteiger partial charge is 0.497 e. The van der Waals surface area contributed by atoms with E-state index in [9.17, 15) is 4.79 Å². The molecule has 0 amide bonds. The summed E-state index contributed by atoms with van der Waals surface area (Å²) in [6.07, 6.45) is 1.71. The second-order valence-corrected chi connectivity index (χ2v) is 6.06. The van der Waals surface area contributed by atoms with E-state index >= 15 is 0 Å². The lowest BCUT2D eigenvalue weighted by Crippen LogP contribution is -2.15. The highest BCUT2D eigenvalue weighted by molar-refractivity contribution is 9.10. The van der Waals surface area contributed by atoms with Crippen molar-refractivity contribution >= 4 is 39.1 Å². The lowest BCUT2D eigenvalue weighted by molar-refractivity contribution is 0.0966. The van der Waals surface area contributed by atoms with E-state index in [2.05, 4.69) is 26.2 Å². The van der Waals surface area contributed by atoms with Gasteiger partial charge in [0.1, 0.15) is 11.6 Å². The normalized spacial score (nSPS) is 16.2. The SMILES string of the molecule is COc1ccc(C(=O)C2CNc3ncc(Br)cc32)c(Cl)c1. The molecule has 3 rings (SSSR count). The molecule has 1 aliphatic heterocycles. The molecule has 1 atom stereocenters. The number of halogens is 2. The minimum atomic E-state index is -0.282. The number of hydrogen-bond acceptors (Lipinski definition) is 4. The number of aromatic nitrogens is 1. The smallest absolute Gasteiger partial charge is 0.173 e. The van der Waals surface area contributed by atoms with Crippen LogP contribution in [0.1, 0.15) is 21.8 Å². The van der Waals surface area contributed by atoms with Gasteiger partial charge in [-0.15, -0.1) is 0 Å². The van der Waals surface area contributed by atoms with Crippen molar-refractivity contribution < 1.29 is 9.53 Å². The Morgan fingerprint density at radius 3 is 3.00 bits per heavy atom. The van der Waals surface area contributed by atoms with Crippen LogP contribution in [0.25, 0.3) is 0 Å². The van der Waals surface area contributed by atoms with Crippen LogP contribution in [0.3, 0.4) is 0 Å². The molecule has 1 aromatic heterocycles. The number of hydrogen-bond donors (Lipinski definition) is 1. The second kappa shape index (κ2) is 5.66. The van der Waals surface area contributed by atoms with Gasteiger partial charge in [0.15, 0.2) is 5.78 Å². The molecular formula is C15H12BrClN2O2. The molecule has 0 fully saturated rings. The van der Waals surface area contributed by atoms with Crippen LogP contribution in [0.2, 0.25) is 5.02 Å². The van der Waals surface area contributed by atoms with Gasteiger partial charge >= 0.3 is 0 Å². The Labute approximate surface area is 135 Å². The highest BCUT2D eigenvalue weighted by atomic mass is 79.9. The van der Waals surface area contributed by atoms with Crippen LogP contribution in [-0.4, -0.2) is 24.4 Å². The Bertz CT molecular complexity index is 721. The number of methoxy groups -OCH3 is 1. The molecule has 0 aliphatic carbocycles. The fraction of sp³-hybridized carbons (Fsp3) is 0.200. The Kier molecular flexibility index (Phi) is 3.87. The van der Waals surface area contributed by atoms with Gasteiger partial charge in [0.25, 0.3) is 0 Å². The molecule has 4 nitrogen and oxygen atoms in total. The minimum Gasteiger partial charge on any atom is -0.497 e. The molecule has 0 bridgehead atoms. The number of pyridine rings is 1. The van der Waals surface area contributed by atoms with Crippen molar-refractivity contribution in [3.8, 4) is 5.75 Å². The molecule has 1 N–H and O–H groups in total. The number of Topliss-reactive ketones (excluding diaryl/α,β-unsaturated/α-hetero) is 1. The maximum absolute atomic E-state index is 12.7. The van der Waals surface area contributed by atoms with Gasteiger partial charge in [-0.1, -0.05) is 11.6 Å². The van der Waals surface area contributed by atoms with Gasteiger partial charge in [-0.3, -0.25) is 4.79 Å². The summed E-state index contributed by atoms with van der Waals surface area (Å²) in [5.41, 5.74) is 1.39. The highest BCUT2D eigenvalue weighted by Gasteiger charge is 2.31. The van der Waals surface area contributed by atoms with Crippen LogP contribution >= 0.6 is 27.5 Å². The topological polar surface area (TPSA) is 51.2 Å². The first-order chi connectivity index (χ1) is 10.1. The van der Waals surface area contributed by atoms with Crippen molar-refractivity contribution in [1.82, 2.24) is 4.98 Å². The number of ketones is 1. The molecular weight excluding hydrogens is 356 g/mol. The first kappa shape index (κ1) is 14.4. The van der Waals surface area contributed by atoms with Crippen molar-refractivity contribution in [2.45, 2.75) is 5.92 Å². The van der Waals surface area contributed by atoms with Gasteiger partial charge in [0.2, 0.25) is 0 Å². The zero-order valence-corrected chi connectivity index (χ0v) is 13.5. The number of nitrogens with one attached hydrogen (secondary N) is 1. The number of nitrogens with zero attached hydrogens (tertiary/aromatic N) is 1. The van der Waals surface area contributed by atoms with Crippen LogP contribution in [0.4, 0.5) is 5.82 Å². The molecule has 1 aliphatic rings. The highest BCUT2D eigenvalue weighted by Crippen LogP contribution is 2.35. The summed E-state index contributed by atoms with van der Waals surface area (Å²) >= 11 is 9.58. The Hall–Kier alpha value is -1.59. The van der Waals surface area contributed by atoms with E-state index in [-0.39, 0.29) is 11.7 Å². The second-order valence-electron chi connectivity index (χ2n) is 4.73. The minimum absolute atomic E-state index is 0.0196. The third-order valence-electron chi connectivity index (χ3n) is 3.49. The molecule has 21 heavy (non-hydrogen) atoms. The average molecular weight is 368 g/mol. The van der Waals surface area contributed by atoms with E-state index in [1.54, 1.807) is 31.5 Å².